The monoisotopic (exact) mass is 210 g/mol. The maximum absolute atomic E-state index is 11.6. The van der Waals surface area contributed by atoms with E-state index in [9.17, 15) is 9.59 Å². The highest BCUT2D eigenvalue weighted by Gasteiger charge is 2.26. The van der Waals surface area contributed by atoms with E-state index in [2.05, 4.69) is 11.2 Å². The van der Waals surface area contributed by atoms with Gasteiger partial charge in [-0.3, -0.25) is 9.59 Å². The van der Waals surface area contributed by atoms with Crippen molar-refractivity contribution in [3.63, 3.8) is 0 Å². The minimum absolute atomic E-state index is 0.120. The van der Waals surface area contributed by atoms with Crippen molar-refractivity contribution in [2.75, 3.05) is 13.2 Å². The van der Waals surface area contributed by atoms with E-state index in [-0.39, 0.29) is 18.2 Å². The molecule has 0 aromatic rings. The van der Waals surface area contributed by atoms with Gasteiger partial charge in [0.2, 0.25) is 11.8 Å². The molecule has 0 aromatic heterocycles. The van der Waals surface area contributed by atoms with Crippen molar-refractivity contribution >= 4 is 11.8 Å². The Balaban J connectivity index is 2.46. The summed E-state index contributed by atoms with van der Waals surface area (Å²) < 4.78 is 5.06. The van der Waals surface area contributed by atoms with Crippen LogP contribution in [0.25, 0.3) is 0 Å². The molecule has 1 fully saturated rings. The third-order valence-electron chi connectivity index (χ3n) is 2.28. The molecule has 2 atom stereocenters. The summed E-state index contributed by atoms with van der Waals surface area (Å²) >= 11 is 0. The normalized spacial score (nSPS) is 21.7. The smallest absolute Gasteiger partial charge is 0.240 e. The molecular formula is C10H14N2O3. The standard InChI is InChI=1S/C10H14N2O3/c1-2-3-8(9(11)13)12-10(14)7-4-5-15-6-7/h1,7-8H,3-6H2,(H2,11,13)(H,12,14)/t7-,8+/m0/s1. The maximum atomic E-state index is 11.6. The second-order valence-corrected chi connectivity index (χ2v) is 3.43. The van der Waals surface area contributed by atoms with E-state index < -0.39 is 11.9 Å². The van der Waals surface area contributed by atoms with E-state index in [1.54, 1.807) is 0 Å². The number of primary amides is 1. The van der Waals surface area contributed by atoms with Gasteiger partial charge in [-0.05, 0) is 6.42 Å². The average molecular weight is 210 g/mol. The van der Waals surface area contributed by atoms with Gasteiger partial charge in [0.05, 0.1) is 12.5 Å². The molecule has 2 amide bonds. The highest BCUT2D eigenvalue weighted by atomic mass is 16.5. The molecule has 1 rings (SSSR count). The quantitative estimate of drug-likeness (QED) is 0.585. The van der Waals surface area contributed by atoms with Crippen molar-refractivity contribution in [3.8, 4) is 12.3 Å². The van der Waals surface area contributed by atoms with Gasteiger partial charge < -0.3 is 15.8 Å². The molecule has 0 aliphatic carbocycles. The number of hydrogen-bond acceptors (Lipinski definition) is 3. The van der Waals surface area contributed by atoms with Crippen LogP contribution in [0.1, 0.15) is 12.8 Å². The summed E-state index contributed by atoms with van der Waals surface area (Å²) in [4.78, 5) is 22.5. The third-order valence-corrected chi connectivity index (χ3v) is 2.28. The lowest BCUT2D eigenvalue weighted by molar-refractivity contribution is -0.129. The number of ether oxygens (including phenoxy) is 1. The largest absolute Gasteiger partial charge is 0.381 e. The van der Waals surface area contributed by atoms with E-state index >= 15 is 0 Å². The van der Waals surface area contributed by atoms with Gasteiger partial charge in [0.25, 0.3) is 0 Å². The predicted molar refractivity (Wildman–Crippen MR) is 53.5 cm³/mol. The minimum Gasteiger partial charge on any atom is -0.381 e. The zero-order chi connectivity index (χ0) is 11.3. The number of nitrogens with two attached hydrogens (primary N) is 1. The van der Waals surface area contributed by atoms with Crippen LogP contribution in [0.3, 0.4) is 0 Å². The Hall–Kier alpha value is -1.54. The molecule has 1 saturated heterocycles. The van der Waals surface area contributed by atoms with Crippen LogP contribution in [0.5, 0.6) is 0 Å². The first-order valence-corrected chi connectivity index (χ1v) is 4.76. The lowest BCUT2D eigenvalue weighted by Gasteiger charge is -2.15. The van der Waals surface area contributed by atoms with Gasteiger partial charge in [0.15, 0.2) is 0 Å². The van der Waals surface area contributed by atoms with Gasteiger partial charge in [-0.1, -0.05) is 0 Å². The van der Waals surface area contributed by atoms with Crippen molar-refractivity contribution < 1.29 is 14.3 Å². The van der Waals surface area contributed by atoms with Gasteiger partial charge in [-0.2, -0.15) is 0 Å². The number of hydrogen-bond donors (Lipinski definition) is 2. The minimum atomic E-state index is -0.775. The molecule has 3 N–H and O–H groups in total. The van der Waals surface area contributed by atoms with Crippen molar-refractivity contribution in [2.45, 2.75) is 18.9 Å². The third kappa shape index (κ3) is 3.26. The molecule has 1 aliphatic rings. The molecule has 1 aliphatic heterocycles. The summed E-state index contributed by atoms with van der Waals surface area (Å²) in [5.74, 6) is 1.28. The SMILES string of the molecule is C#CC[C@@H](NC(=O)[C@H]1CCOC1)C(N)=O. The molecular weight excluding hydrogens is 196 g/mol. The van der Waals surface area contributed by atoms with Crippen LogP contribution < -0.4 is 11.1 Å². The van der Waals surface area contributed by atoms with Gasteiger partial charge in [0, 0.05) is 13.0 Å². The summed E-state index contributed by atoms with van der Waals surface area (Å²) in [6.45, 7) is 0.974. The molecule has 5 nitrogen and oxygen atoms in total. The van der Waals surface area contributed by atoms with E-state index in [4.69, 9.17) is 16.9 Å². The van der Waals surface area contributed by atoms with Crippen LogP contribution in [0.4, 0.5) is 0 Å². The summed E-state index contributed by atoms with van der Waals surface area (Å²) in [7, 11) is 0. The summed E-state index contributed by atoms with van der Waals surface area (Å²) in [6.07, 6.45) is 5.86. The van der Waals surface area contributed by atoms with E-state index in [1.807, 2.05) is 0 Å². The Bertz CT molecular complexity index is 290. The van der Waals surface area contributed by atoms with Crippen LogP contribution in [0, 0.1) is 18.3 Å². The van der Waals surface area contributed by atoms with Crippen LogP contribution in [-0.2, 0) is 14.3 Å². The second kappa shape index (κ2) is 5.37. The van der Waals surface area contributed by atoms with E-state index in [0.717, 1.165) is 0 Å². The number of carbonyl (C=O) groups excluding carboxylic acids is 2. The summed E-state index contributed by atoms with van der Waals surface area (Å²) in [5, 5.41) is 2.52. The van der Waals surface area contributed by atoms with E-state index in [1.165, 1.54) is 0 Å². The van der Waals surface area contributed by atoms with Gasteiger partial charge in [-0.15, -0.1) is 12.3 Å². The van der Waals surface area contributed by atoms with Crippen LogP contribution in [0.15, 0.2) is 0 Å². The molecule has 0 spiro atoms. The zero-order valence-corrected chi connectivity index (χ0v) is 8.36. The lowest BCUT2D eigenvalue weighted by Crippen LogP contribution is -2.46. The fourth-order valence-corrected chi connectivity index (χ4v) is 1.37. The van der Waals surface area contributed by atoms with Gasteiger partial charge in [0.1, 0.15) is 6.04 Å². The Morgan fingerprint density at radius 1 is 1.67 bits per heavy atom. The van der Waals surface area contributed by atoms with Crippen LogP contribution >= 0.6 is 0 Å². The number of rotatable bonds is 4. The molecule has 0 saturated carbocycles. The van der Waals surface area contributed by atoms with Gasteiger partial charge in [-0.25, -0.2) is 0 Å². The summed E-state index contributed by atoms with van der Waals surface area (Å²) in [6, 6.07) is -0.775. The van der Waals surface area contributed by atoms with Crippen molar-refractivity contribution in [1.82, 2.24) is 5.32 Å². The topological polar surface area (TPSA) is 81.4 Å². The molecule has 0 unspecified atom stereocenters. The molecule has 0 bridgehead atoms. The van der Waals surface area contributed by atoms with Crippen LogP contribution in [-0.4, -0.2) is 31.1 Å². The molecule has 0 radical (unpaired) electrons. The first-order valence-electron chi connectivity index (χ1n) is 4.76. The van der Waals surface area contributed by atoms with Gasteiger partial charge >= 0.3 is 0 Å². The van der Waals surface area contributed by atoms with Crippen molar-refractivity contribution in [3.05, 3.63) is 0 Å². The lowest BCUT2D eigenvalue weighted by atomic mass is 10.1. The summed E-state index contributed by atoms with van der Waals surface area (Å²) in [5.41, 5.74) is 5.09. The highest BCUT2D eigenvalue weighted by molar-refractivity contribution is 5.87. The first-order chi connectivity index (χ1) is 7.15. The Morgan fingerprint density at radius 3 is 2.87 bits per heavy atom. The number of terminal acetylenes is 1. The van der Waals surface area contributed by atoms with E-state index in [0.29, 0.717) is 19.6 Å². The maximum Gasteiger partial charge on any atom is 0.240 e. The molecule has 0 aromatic carbocycles. The van der Waals surface area contributed by atoms with Crippen LogP contribution in [0.2, 0.25) is 0 Å². The number of nitrogens with one attached hydrogen (secondary N) is 1. The molecule has 82 valence electrons. The predicted octanol–water partition coefficient (Wildman–Crippen LogP) is -0.984. The van der Waals surface area contributed by atoms with Crippen molar-refractivity contribution in [2.24, 2.45) is 11.7 Å². The zero-order valence-electron chi connectivity index (χ0n) is 8.36. The molecule has 15 heavy (non-hydrogen) atoms. The Kier molecular flexibility index (Phi) is 4.13. The van der Waals surface area contributed by atoms with Crippen molar-refractivity contribution in [1.29, 1.82) is 0 Å². The number of amides is 2. The Labute approximate surface area is 88.3 Å². The fraction of sp³-hybridized carbons (Fsp3) is 0.600. The molecule has 1 heterocycles. The Morgan fingerprint density at radius 2 is 2.40 bits per heavy atom. The fourth-order valence-electron chi connectivity index (χ4n) is 1.37. The number of carbonyl (C=O) groups is 2. The first kappa shape index (κ1) is 11.5. The second-order valence-electron chi connectivity index (χ2n) is 3.43. The average Bonchev–Trinajstić information content (AvgIpc) is 2.69. The highest BCUT2D eigenvalue weighted by Crippen LogP contribution is 2.12. The molecule has 5 heteroatoms.